The number of carbonyl (C=O) groups is 9. The van der Waals surface area contributed by atoms with Crippen LogP contribution < -0.4 is 42.5 Å². The molecule has 22 heteroatoms. The van der Waals surface area contributed by atoms with Gasteiger partial charge in [0.2, 0.25) is 41.7 Å². The van der Waals surface area contributed by atoms with Crippen molar-refractivity contribution in [2.45, 2.75) is 96.2 Å². The minimum Gasteiger partial charge on any atom is -0.382 e. The van der Waals surface area contributed by atoms with Gasteiger partial charge < -0.3 is 57.4 Å². The first kappa shape index (κ1) is 51.1. The Bertz CT molecular complexity index is 2230. The molecule has 0 radical (unpaired) electrons. The van der Waals surface area contributed by atoms with E-state index in [0.29, 0.717) is 29.1 Å². The number of ether oxygens (including phenoxy) is 1. The second-order valence-corrected chi connectivity index (χ2v) is 16.6. The number of Topliss-reactive ketones (excluding diaryl/α,β-unsaturated/α-hetero) is 1. The Morgan fingerprint density at radius 2 is 1.69 bits per heavy atom. The number of rotatable bonds is 15. The monoisotopic (exact) mass is 922 g/mol. The van der Waals surface area contributed by atoms with E-state index in [1.165, 1.54) is 26.2 Å². The zero-order valence-electron chi connectivity index (χ0n) is 37.0. The number of methoxy groups -OCH3 is 1. The van der Waals surface area contributed by atoms with Gasteiger partial charge in [0.1, 0.15) is 41.3 Å². The van der Waals surface area contributed by atoms with Crippen LogP contribution in [-0.4, -0.2) is 132 Å². The second kappa shape index (κ2) is 24.5. The molecule has 2 bridgehead atoms. The van der Waals surface area contributed by atoms with Crippen molar-refractivity contribution in [3.8, 4) is 0 Å². The Morgan fingerprint density at radius 1 is 0.954 bits per heavy atom. The molecule has 0 spiro atoms. The van der Waals surface area contributed by atoms with Crippen molar-refractivity contribution >= 4 is 81.9 Å². The van der Waals surface area contributed by atoms with E-state index in [2.05, 4.69) is 52.5 Å². The van der Waals surface area contributed by atoms with Gasteiger partial charge in [0.05, 0.1) is 24.9 Å². The first-order valence-electron chi connectivity index (χ1n) is 21.2. The third kappa shape index (κ3) is 14.2. The smallest absolute Gasteiger partial charge is 0.290 e. The van der Waals surface area contributed by atoms with E-state index in [1.807, 2.05) is 24.3 Å². The Labute approximate surface area is 379 Å². The van der Waals surface area contributed by atoms with Gasteiger partial charge in [-0.15, -0.1) is 11.3 Å². The first-order valence-corrected chi connectivity index (χ1v) is 22.1. The number of aliphatic hydroxyl groups is 1. The van der Waals surface area contributed by atoms with Crippen molar-refractivity contribution < 1.29 is 53.0 Å². The second-order valence-electron chi connectivity index (χ2n) is 15.7. The van der Waals surface area contributed by atoms with E-state index in [4.69, 9.17) is 4.74 Å². The van der Waals surface area contributed by atoms with Crippen molar-refractivity contribution in [1.29, 1.82) is 0 Å². The Hall–Kier alpha value is -6.52. The summed E-state index contributed by atoms with van der Waals surface area (Å²) in [6.07, 6.45) is 3.53. The van der Waals surface area contributed by atoms with Gasteiger partial charge in [-0.25, -0.2) is 4.98 Å². The minimum atomic E-state index is -1.72. The van der Waals surface area contributed by atoms with E-state index >= 15 is 0 Å². The van der Waals surface area contributed by atoms with Crippen LogP contribution in [0.15, 0.2) is 41.9 Å². The number of benzene rings is 1. The predicted octanol–water partition coefficient (Wildman–Crippen LogP) is -0.974. The highest BCUT2D eigenvalue weighted by Crippen LogP contribution is 2.22. The van der Waals surface area contributed by atoms with E-state index in [0.717, 1.165) is 22.2 Å². The lowest BCUT2D eigenvalue weighted by molar-refractivity contribution is -0.142. The summed E-state index contributed by atoms with van der Waals surface area (Å²) < 4.78 is 5.30. The molecule has 0 saturated carbocycles. The summed E-state index contributed by atoms with van der Waals surface area (Å²) in [5, 5.41) is 33.3. The summed E-state index contributed by atoms with van der Waals surface area (Å²) in [5.41, 5.74) is 1.78. The average molecular weight is 923 g/mol. The van der Waals surface area contributed by atoms with Gasteiger partial charge in [0, 0.05) is 48.6 Å². The standard InChI is InChI=1S/C43H58N10O11S/c1-7-22(3)34-36(57)42(63)51-31(19-64-6)43-48-26(20-65-43)13-14-33(56)49-29(15-25-16-45-28-12-10-9-11-27(25)28)38(59)46-17-30(39(60)47-24(5)37(58)52-34)50-41(62)35(23(4)8-2)53-40(61)32(55)18-44-21-54/h9-14,16,20-24,29-32,34-35,45,55H,7-8,15,17-19H2,1-6H3,(H,44,54)(H,46,59)(H,47,60)(H,49,56)(H,50,62)(H,51,63)(H,52,58)(H,53,61). The highest BCUT2D eigenvalue weighted by molar-refractivity contribution is 7.09. The van der Waals surface area contributed by atoms with Crippen LogP contribution in [0.2, 0.25) is 0 Å². The lowest BCUT2D eigenvalue weighted by atomic mass is 9.94. The van der Waals surface area contributed by atoms with Crippen LogP contribution in [0.3, 0.4) is 0 Å². The molecule has 21 nitrogen and oxygen atoms in total. The molecule has 2 aromatic heterocycles. The number of nitrogens with zero attached hydrogens (tertiary/aromatic N) is 1. The average Bonchev–Trinajstić information content (AvgIpc) is 3.95. The molecule has 3 heterocycles. The lowest BCUT2D eigenvalue weighted by Crippen LogP contribution is -2.62. The van der Waals surface area contributed by atoms with Crippen molar-refractivity contribution in [3.63, 3.8) is 0 Å². The molecule has 65 heavy (non-hydrogen) atoms. The Balaban J connectivity index is 1.74. The molecule has 10 N–H and O–H groups in total. The van der Waals surface area contributed by atoms with Crippen LogP contribution >= 0.6 is 11.3 Å². The van der Waals surface area contributed by atoms with Gasteiger partial charge in [-0.3, -0.25) is 43.2 Å². The van der Waals surface area contributed by atoms with Crippen LogP contribution in [0.25, 0.3) is 17.0 Å². The number of ketones is 1. The number of carbonyl (C=O) groups excluding carboxylic acids is 9. The summed E-state index contributed by atoms with van der Waals surface area (Å²) in [4.78, 5) is 128. The maximum Gasteiger partial charge on any atom is 0.290 e. The van der Waals surface area contributed by atoms with Gasteiger partial charge in [0.25, 0.3) is 11.8 Å². The van der Waals surface area contributed by atoms with E-state index in [-0.39, 0.29) is 19.4 Å². The topological polar surface area (TPSA) is 308 Å². The van der Waals surface area contributed by atoms with Crippen LogP contribution in [0, 0.1) is 11.8 Å². The van der Waals surface area contributed by atoms with E-state index in [9.17, 15) is 48.3 Å². The number of H-pyrrole nitrogens is 1. The molecule has 0 aliphatic carbocycles. The van der Waals surface area contributed by atoms with Gasteiger partial charge in [-0.2, -0.15) is 0 Å². The summed E-state index contributed by atoms with van der Waals surface area (Å²) in [6, 6.07) is -0.464. The van der Waals surface area contributed by atoms with E-state index < -0.39 is 114 Å². The highest BCUT2D eigenvalue weighted by Gasteiger charge is 2.36. The Morgan fingerprint density at radius 3 is 2.38 bits per heavy atom. The summed E-state index contributed by atoms with van der Waals surface area (Å²) >= 11 is 1.14. The van der Waals surface area contributed by atoms with Gasteiger partial charge >= 0.3 is 0 Å². The quantitative estimate of drug-likeness (QED) is 0.0651. The lowest BCUT2D eigenvalue weighted by Gasteiger charge is -2.29. The summed E-state index contributed by atoms with van der Waals surface area (Å²) in [5.74, 6) is -8.25. The van der Waals surface area contributed by atoms with Gasteiger partial charge in [-0.05, 0) is 36.5 Å². The molecule has 3 aromatic rings. The zero-order valence-corrected chi connectivity index (χ0v) is 37.8. The third-order valence-electron chi connectivity index (χ3n) is 11.0. The number of thiazole rings is 1. The fourth-order valence-electron chi connectivity index (χ4n) is 6.72. The number of hydrogen-bond acceptors (Lipinski definition) is 13. The molecule has 352 valence electrons. The molecule has 8 amide bonds. The van der Waals surface area contributed by atoms with Crippen LogP contribution in [-0.2, 0) is 54.3 Å². The third-order valence-corrected chi connectivity index (χ3v) is 12.0. The normalized spacial score (nSPS) is 22.3. The number of aliphatic hydroxyl groups excluding tert-OH is 1. The maximum absolute atomic E-state index is 14.1. The Kier molecular flexibility index (Phi) is 19.3. The number of aromatic amines is 1. The molecular weight excluding hydrogens is 865 g/mol. The largest absolute Gasteiger partial charge is 0.382 e. The number of aromatic nitrogens is 2. The number of amides is 8. The molecule has 1 aromatic carbocycles. The molecule has 9 unspecified atom stereocenters. The summed E-state index contributed by atoms with van der Waals surface area (Å²) in [7, 11) is 1.40. The van der Waals surface area contributed by atoms with Crippen LogP contribution in [0.5, 0.6) is 0 Å². The van der Waals surface area contributed by atoms with Crippen molar-refractivity contribution in [3.05, 3.63) is 58.2 Å². The van der Waals surface area contributed by atoms with E-state index in [1.54, 1.807) is 39.3 Å². The van der Waals surface area contributed by atoms with Crippen molar-refractivity contribution in [2.24, 2.45) is 11.8 Å². The number of para-hydroxylation sites is 1. The van der Waals surface area contributed by atoms with Gasteiger partial charge in [-0.1, -0.05) is 58.7 Å². The fraction of sp³-hybridized carbons (Fsp3) is 0.488. The SMILES string of the molecule is CCC(C)C(NC(=O)C(O)CNC=O)C(=O)NC1CNC(=O)C(Cc2c[nH]c3ccccc23)NC(=O)C=Cc2csc(n2)C(COC)NC(=O)C(=O)C(C(C)CC)NC(=O)C(C)NC1=O. The molecule has 9 atom stereocenters. The predicted molar refractivity (Wildman–Crippen MR) is 238 cm³/mol. The fourth-order valence-corrected chi connectivity index (χ4v) is 7.54. The molecule has 1 aliphatic rings. The summed E-state index contributed by atoms with van der Waals surface area (Å²) in [6.45, 7) is 7.00. The van der Waals surface area contributed by atoms with Crippen molar-refractivity contribution in [1.82, 2.24) is 52.5 Å². The molecule has 0 saturated heterocycles. The van der Waals surface area contributed by atoms with Gasteiger partial charge in [0.15, 0.2) is 0 Å². The van der Waals surface area contributed by atoms with Crippen LogP contribution in [0.1, 0.15) is 69.8 Å². The maximum atomic E-state index is 14.1. The minimum absolute atomic E-state index is 0.0193. The highest BCUT2D eigenvalue weighted by atomic mass is 32.1. The molecule has 1 aliphatic heterocycles. The molecule has 4 rings (SSSR count). The number of fused-ring (bicyclic) bond motifs is 3. The first-order chi connectivity index (χ1) is 31.0. The molecular formula is C43H58N10O11S. The molecule has 0 fully saturated rings. The number of nitrogens with one attached hydrogen (secondary N) is 9. The van der Waals surface area contributed by atoms with Crippen molar-refractivity contribution in [2.75, 3.05) is 26.8 Å². The zero-order chi connectivity index (χ0) is 47.8. The van der Waals surface area contributed by atoms with Crippen LogP contribution in [0.4, 0.5) is 0 Å². The number of hydrogen-bond donors (Lipinski definition) is 10.